The molecule has 3 aromatic rings. The molecule has 1 atom stereocenters. The van der Waals surface area contributed by atoms with E-state index in [4.69, 9.17) is 17.0 Å². The monoisotopic (exact) mass is 523 g/mol. The summed E-state index contributed by atoms with van der Waals surface area (Å²) < 4.78 is 6.11. The molecule has 6 nitrogen and oxygen atoms in total. The average molecular weight is 524 g/mol. The number of amides is 2. The second kappa shape index (κ2) is 10.1. The molecule has 1 saturated heterocycles. The van der Waals surface area contributed by atoms with Gasteiger partial charge >= 0.3 is 0 Å². The second-order valence-corrected chi connectivity index (χ2v) is 8.84. The maximum absolute atomic E-state index is 13.4. The number of nitrogens with zero attached hydrogens (tertiary/aromatic N) is 2. The van der Waals surface area contributed by atoms with Crippen LogP contribution in [0.4, 0.5) is 11.4 Å². The van der Waals surface area contributed by atoms with Gasteiger partial charge in [0.1, 0.15) is 11.8 Å². The molecule has 3 aromatic carbocycles. The minimum absolute atomic E-state index is 0.0433. The number of thiocarbonyl (C=S) groups is 1. The van der Waals surface area contributed by atoms with Crippen LogP contribution in [0.3, 0.4) is 0 Å². The number of rotatable bonds is 6. The first-order valence-electron chi connectivity index (χ1n) is 10.3. The zero-order valence-electron chi connectivity index (χ0n) is 17.9. The first kappa shape index (κ1) is 22.9. The van der Waals surface area contributed by atoms with Crippen LogP contribution in [0, 0.1) is 0 Å². The highest BCUT2D eigenvalue weighted by Crippen LogP contribution is 2.28. The Kier molecular flexibility index (Phi) is 7.05. The number of anilines is 2. The van der Waals surface area contributed by atoms with Crippen molar-refractivity contribution in [3.05, 3.63) is 88.9 Å². The van der Waals surface area contributed by atoms with Crippen molar-refractivity contribution in [3.8, 4) is 5.75 Å². The van der Waals surface area contributed by atoms with Crippen LogP contribution >= 0.6 is 28.1 Å². The predicted molar refractivity (Wildman–Crippen MR) is 136 cm³/mol. The Labute approximate surface area is 206 Å². The molecular formula is C25H22BrN3O3S. The summed E-state index contributed by atoms with van der Waals surface area (Å²) in [6.07, 6.45) is 0.0433. The number of carbonyl (C=O) groups is 2. The minimum Gasteiger partial charge on any atom is -0.497 e. The summed E-state index contributed by atoms with van der Waals surface area (Å²) in [6.45, 7) is 0.362. The fourth-order valence-corrected chi connectivity index (χ4v) is 4.26. The lowest BCUT2D eigenvalue weighted by molar-refractivity contribution is -0.122. The van der Waals surface area contributed by atoms with E-state index in [0.717, 1.165) is 21.5 Å². The number of ether oxygens (including phenoxy) is 1. The fourth-order valence-electron chi connectivity index (χ4n) is 3.69. The lowest BCUT2D eigenvalue weighted by Gasteiger charge is -2.30. The van der Waals surface area contributed by atoms with Gasteiger partial charge < -0.3 is 15.0 Å². The predicted octanol–water partition coefficient (Wildman–Crippen LogP) is 4.99. The van der Waals surface area contributed by atoms with E-state index in [-0.39, 0.29) is 18.2 Å². The summed E-state index contributed by atoms with van der Waals surface area (Å²) in [7, 11) is 1.61. The van der Waals surface area contributed by atoms with Gasteiger partial charge in [0.25, 0.3) is 5.91 Å². The Balaban J connectivity index is 1.62. The van der Waals surface area contributed by atoms with Crippen LogP contribution in [0.25, 0.3) is 0 Å². The highest BCUT2D eigenvalue weighted by atomic mass is 79.9. The topological polar surface area (TPSA) is 61.9 Å². The maximum Gasteiger partial charge on any atom is 0.257 e. The number of para-hydroxylation sites is 1. The molecule has 1 heterocycles. The molecule has 0 aromatic heterocycles. The van der Waals surface area contributed by atoms with Crippen molar-refractivity contribution in [1.82, 2.24) is 4.90 Å². The molecular weight excluding hydrogens is 502 g/mol. The summed E-state index contributed by atoms with van der Waals surface area (Å²) in [5, 5.41) is 3.58. The molecule has 1 aliphatic heterocycles. The normalized spacial score (nSPS) is 15.5. The first-order valence-corrected chi connectivity index (χ1v) is 11.5. The Morgan fingerprint density at radius 3 is 2.36 bits per heavy atom. The van der Waals surface area contributed by atoms with E-state index >= 15 is 0 Å². The van der Waals surface area contributed by atoms with E-state index in [1.165, 1.54) is 4.90 Å². The van der Waals surface area contributed by atoms with Crippen molar-refractivity contribution in [2.75, 3.05) is 17.3 Å². The lowest BCUT2D eigenvalue weighted by atomic mass is 10.1. The molecule has 8 heteroatoms. The molecule has 1 N–H and O–H groups in total. The molecule has 0 saturated carbocycles. The Bertz CT molecular complexity index is 1150. The van der Waals surface area contributed by atoms with Crippen molar-refractivity contribution in [1.29, 1.82) is 0 Å². The van der Waals surface area contributed by atoms with E-state index < -0.39 is 6.04 Å². The van der Waals surface area contributed by atoms with Crippen LogP contribution in [-0.4, -0.2) is 35.0 Å². The molecule has 168 valence electrons. The van der Waals surface area contributed by atoms with Gasteiger partial charge in [0.05, 0.1) is 19.2 Å². The number of benzene rings is 3. The largest absolute Gasteiger partial charge is 0.497 e. The Hall–Kier alpha value is -3.23. The van der Waals surface area contributed by atoms with E-state index in [1.807, 2.05) is 54.6 Å². The highest BCUT2D eigenvalue weighted by Gasteiger charge is 2.43. The second-order valence-electron chi connectivity index (χ2n) is 7.54. The third kappa shape index (κ3) is 5.23. The standard InChI is InChI=1S/C25H22BrN3O3S/c1-32-21-13-7-17(8-14-21)16-28(25(33)27-19-5-3-2-4-6-19)22-15-23(30)29(24(22)31)20-11-9-18(26)10-12-20/h2-14,22H,15-16H2,1H3,(H,27,33). The average Bonchev–Trinajstić information content (AvgIpc) is 3.12. The van der Waals surface area contributed by atoms with Crippen LogP contribution < -0.4 is 15.0 Å². The van der Waals surface area contributed by atoms with Crippen LogP contribution in [0.2, 0.25) is 0 Å². The molecule has 0 aliphatic carbocycles. The SMILES string of the molecule is COc1ccc(CN(C(=S)Nc2ccccc2)C2CC(=O)N(c3ccc(Br)cc3)C2=O)cc1. The van der Waals surface area contributed by atoms with E-state index in [2.05, 4.69) is 21.2 Å². The lowest BCUT2D eigenvalue weighted by Crippen LogP contribution is -2.46. The third-order valence-electron chi connectivity index (χ3n) is 5.38. The molecule has 0 bridgehead atoms. The maximum atomic E-state index is 13.4. The quantitative estimate of drug-likeness (QED) is 0.362. The Morgan fingerprint density at radius 2 is 1.73 bits per heavy atom. The Morgan fingerprint density at radius 1 is 1.06 bits per heavy atom. The molecule has 4 rings (SSSR count). The van der Waals surface area contributed by atoms with Crippen molar-refractivity contribution < 1.29 is 14.3 Å². The molecule has 0 spiro atoms. The van der Waals surface area contributed by atoms with Gasteiger partial charge in [-0.15, -0.1) is 0 Å². The number of nitrogens with one attached hydrogen (secondary N) is 1. The van der Waals surface area contributed by atoms with Gasteiger partial charge in [-0.1, -0.05) is 46.3 Å². The van der Waals surface area contributed by atoms with Gasteiger partial charge in [0.15, 0.2) is 5.11 Å². The first-order chi connectivity index (χ1) is 16.0. The number of methoxy groups -OCH3 is 1. The zero-order chi connectivity index (χ0) is 23.4. The fraction of sp³-hybridized carbons (Fsp3) is 0.160. The minimum atomic E-state index is -0.716. The number of carbonyl (C=O) groups excluding carboxylic acids is 2. The number of hydrogen-bond acceptors (Lipinski definition) is 4. The zero-order valence-corrected chi connectivity index (χ0v) is 20.3. The van der Waals surface area contributed by atoms with Gasteiger partial charge in [0, 0.05) is 16.7 Å². The summed E-state index contributed by atoms with van der Waals surface area (Å²) in [4.78, 5) is 29.3. The van der Waals surface area contributed by atoms with Gasteiger partial charge in [-0.2, -0.15) is 0 Å². The van der Waals surface area contributed by atoms with Gasteiger partial charge in [-0.3, -0.25) is 9.59 Å². The summed E-state index contributed by atoms with van der Waals surface area (Å²) in [5.74, 6) is 0.187. The molecule has 33 heavy (non-hydrogen) atoms. The summed E-state index contributed by atoms with van der Waals surface area (Å²) in [5.41, 5.74) is 2.29. The van der Waals surface area contributed by atoms with Crippen molar-refractivity contribution in [3.63, 3.8) is 0 Å². The van der Waals surface area contributed by atoms with Crippen molar-refractivity contribution >= 4 is 56.4 Å². The smallest absolute Gasteiger partial charge is 0.257 e. The number of hydrogen-bond donors (Lipinski definition) is 1. The van der Waals surface area contributed by atoms with Crippen molar-refractivity contribution in [2.45, 2.75) is 19.0 Å². The van der Waals surface area contributed by atoms with Crippen LogP contribution in [-0.2, 0) is 16.1 Å². The summed E-state index contributed by atoms with van der Waals surface area (Å²) in [6, 6.07) is 23.5. The van der Waals surface area contributed by atoms with E-state index in [9.17, 15) is 9.59 Å². The van der Waals surface area contributed by atoms with E-state index in [1.54, 1.807) is 36.3 Å². The van der Waals surface area contributed by atoms with Gasteiger partial charge in [0.2, 0.25) is 5.91 Å². The number of halogens is 1. The third-order valence-corrected chi connectivity index (χ3v) is 6.25. The number of imide groups is 1. The molecule has 1 unspecified atom stereocenters. The molecule has 0 radical (unpaired) electrons. The van der Waals surface area contributed by atoms with Gasteiger partial charge in [-0.05, 0) is 66.3 Å². The molecule has 1 fully saturated rings. The summed E-state index contributed by atoms with van der Waals surface area (Å²) >= 11 is 9.09. The molecule has 1 aliphatic rings. The van der Waals surface area contributed by atoms with E-state index in [0.29, 0.717) is 17.3 Å². The van der Waals surface area contributed by atoms with Gasteiger partial charge in [-0.25, -0.2) is 4.90 Å². The highest BCUT2D eigenvalue weighted by molar-refractivity contribution is 9.10. The van der Waals surface area contributed by atoms with Crippen LogP contribution in [0.1, 0.15) is 12.0 Å². The van der Waals surface area contributed by atoms with Crippen LogP contribution in [0.5, 0.6) is 5.75 Å². The van der Waals surface area contributed by atoms with Crippen molar-refractivity contribution in [2.24, 2.45) is 0 Å². The van der Waals surface area contributed by atoms with Crippen LogP contribution in [0.15, 0.2) is 83.3 Å². The molecule has 2 amide bonds.